The summed E-state index contributed by atoms with van der Waals surface area (Å²) in [4.78, 5) is 26.6. The van der Waals surface area contributed by atoms with Gasteiger partial charge in [-0.15, -0.1) is 0 Å². The molecule has 0 aliphatic heterocycles. The standard InChI is InChI=1S/C28H35FN4O3/c1-28(2,3)25(27(36)30-16-19-8-4-7-11-23(19)34)31-26(35)24-21-9-5-6-10-22(21)33(32-24)17-18-12-14-20(29)15-13-18/h5-6,9-10,12-15,19,23,25,34H,4,7-8,11,16-17H2,1-3H3,(H,30,36)(H,31,35)/t19-,23?,25?/m1/s1. The van der Waals surface area contributed by atoms with E-state index < -0.39 is 23.5 Å². The van der Waals surface area contributed by atoms with Crippen molar-refractivity contribution in [2.75, 3.05) is 6.54 Å². The molecule has 0 saturated heterocycles. The molecule has 8 heteroatoms. The Balaban J connectivity index is 1.53. The van der Waals surface area contributed by atoms with Crippen LogP contribution in [-0.2, 0) is 11.3 Å². The van der Waals surface area contributed by atoms with E-state index in [1.54, 1.807) is 16.8 Å². The summed E-state index contributed by atoms with van der Waals surface area (Å²) in [6, 6.07) is 12.8. The lowest BCUT2D eigenvalue weighted by Gasteiger charge is -2.32. The zero-order chi connectivity index (χ0) is 25.9. The van der Waals surface area contributed by atoms with Gasteiger partial charge < -0.3 is 15.7 Å². The maximum Gasteiger partial charge on any atom is 0.273 e. The molecule has 36 heavy (non-hydrogen) atoms. The van der Waals surface area contributed by atoms with Crippen molar-refractivity contribution in [2.45, 2.75) is 65.1 Å². The van der Waals surface area contributed by atoms with Crippen molar-refractivity contribution in [3.8, 4) is 0 Å². The topological polar surface area (TPSA) is 96.2 Å². The average Bonchev–Trinajstić information content (AvgIpc) is 3.21. The third-order valence-electron chi connectivity index (χ3n) is 6.93. The number of hydrogen-bond acceptors (Lipinski definition) is 4. The van der Waals surface area contributed by atoms with E-state index >= 15 is 0 Å². The zero-order valence-corrected chi connectivity index (χ0v) is 21.1. The van der Waals surface area contributed by atoms with Crippen molar-refractivity contribution in [2.24, 2.45) is 11.3 Å². The molecule has 2 unspecified atom stereocenters. The molecule has 3 N–H and O–H groups in total. The molecule has 3 atom stereocenters. The highest BCUT2D eigenvalue weighted by atomic mass is 19.1. The van der Waals surface area contributed by atoms with Gasteiger partial charge in [0.25, 0.3) is 5.91 Å². The van der Waals surface area contributed by atoms with Crippen LogP contribution in [-0.4, -0.2) is 45.4 Å². The molecule has 7 nitrogen and oxygen atoms in total. The molecule has 1 aliphatic carbocycles. The predicted molar refractivity (Wildman–Crippen MR) is 137 cm³/mol. The van der Waals surface area contributed by atoms with Gasteiger partial charge in [-0.3, -0.25) is 14.3 Å². The summed E-state index contributed by atoms with van der Waals surface area (Å²) in [5.74, 6) is -0.987. The maximum atomic E-state index is 13.4. The van der Waals surface area contributed by atoms with Crippen molar-refractivity contribution in [3.63, 3.8) is 0 Å². The Kier molecular flexibility index (Phi) is 7.73. The fourth-order valence-electron chi connectivity index (χ4n) is 4.81. The van der Waals surface area contributed by atoms with E-state index in [9.17, 15) is 19.1 Å². The number of hydrogen-bond donors (Lipinski definition) is 3. The van der Waals surface area contributed by atoms with Crippen LogP contribution in [0.15, 0.2) is 48.5 Å². The van der Waals surface area contributed by atoms with Gasteiger partial charge in [0, 0.05) is 17.8 Å². The van der Waals surface area contributed by atoms with E-state index in [0.29, 0.717) is 18.5 Å². The third kappa shape index (κ3) is 5.93. The zero-order valence-electron chi connectivity index (χ0n) is 21.1. The van der Waals surface area contributed by atoms with E-state index in [-0.39, 0.29) is 23.3 Å². The Labute approximate surface area is 211 Å². The minimum absolute atomic E-state index is 0.0325. The van der Waals surface area contributed by atoms with Gasteiger partial charge in [0.05, 0.1) is 18.2 Å². The first kappa shape index (κ1) is 25.8. The summed E-state index contributed by atoms with van der Waals surface area (Å²) >= 11 is 0. The Morgan fingerprint density at radius 1 is 1.11 bits per heavy atom. The minimum Gasteiger partial charge on any atom is -0.393 e. The van der Waals surface area contributed by atoms with Gasteiger partial charge in [0.1, 0.15) is 11.9 Å². The van der Waals surface area contributed by atoms with Crippen LogP contribution in [0.3, 0.4) is 0 Å². The number of carbonyl (C=O) groups excluding carboxylic acids is 2. The number of aliphatic hydroxyl groups excluding tert-OH is 1. The molecule has 2 aromatic carbocycles. The smallest absolute Gasteiger partial charge is 0.273 e. The Bertz CT molecular complexity index is 1220. The first-order valence-corrected chi connectivity index (χ1v) is 12.6. The molecular formula is C28H35FN4O3. The van der Waals surface area contributed by atoms with Gasteiger partial charge in [-0.05, 0) is 42.0 Å². The molecule has 3 aromatic rings. The first-order valence-electron chi connectivity index (χ1n) is 12.6. The number of fused-ring (bicyclic) bond motifs is 1. The lowest BCUT2D eigenvalue weighted by Crippen LogP contribution is -2.54. The molecule has 192 valence electrons. The van der Waals surface area contributed by atoms with Crippen molar-refractivity contribution in [1.29, 1.82) is 0 Å². The third-order valence-corrected chi connectivity index (χ3v) is 6.93. The average molecular weight is 495 g/mol. The van der Waals surface area contributed by atoms with Crippen molar-refractivity contribution in [3.05, 3.63) is 65.6 Å². The molecule has 1 fully saturated rings. The van der Waals surface area contributed by atoms with E-state index in [2.05, 4.69) is 15.7 Å². The summed E-state index contributed by atoms with van der Waals surface area (Å²) in [7, 11) is 0. The number of carbonyl (C=O) groups is 2. The van der Waals surface area contributed by atoms with Gasteiger partial charge in [0.15, 0.2) is 5.69 Å². The largest absolute Gasteiger partial charge is 0.393 e. The normalized spacial score (nSPS) is 19.1. The van der Waals surface area contributed by atoms with Gasteiger partial charge >= 0.3 is 0 Å². The summed E-state index contributed by atoms with van der Waals surface area (Å²) in [6.45, 7) is 6.47. The second-order valence-corrected chi connectivity index (χ2v) is 10.8. The van der Waals surface area contributed by atoms with Crippen LogP contribution in [0.4, 0.5) is 4.39 Å². The van der Waals surface area contributed by atoms with Gasteiger partial charge in [-0.1, -0.05) is 63.9 Å². The van der Waals surface area contributed by atoms with Crippen LogP contribution >= 0.6 is 0 Å². The number of halogens is 1. The SMILES string of the molecule is CC(C)(C)C(NC(=O)c1nn(Cc2ccc(F)cc2)c2ccccc12)C(=O)NC[C@H]1CCCCC1O. The molecule has 1 saturated carbocycles. The van der Waals surface area contributed by atoms with Gasteiger partial charge in [-0.25, -0.2) is 4.39 Å². The lowest BCUT2D eigenvalue weighted by atomic mass is 9.84. The Hall–Kier alpha value is -3.26. The summed E-state index contributed by atoms with van der Waals surface area (Å²) in [6.07, 6.45) is 3.29. The molecule has 4 rings (SSSR count). The molecule has 1 aromatic heterocycles. The number of nitrogens with one attached hydrogen (secondary N) is 2. The molecule has 2 amide bonds. The molecule has 1 aliphatic rings. The van der Waals surface area contributed by atoms with E-state index in [0.717, 1.165) is 36.8 Å². The van der Waals surface area contributed by atoms with Crippen LogP contribution in [0.1, 0.15) is 62.5 Å². The van der Waals surface area contributed by atoms with Crippen LogP contribution in [0.2, 0.25) is 0 Å². The van der Waals surface area contributed by atoms with Gasteiger partial charge in [-0.2, -0.15) is 5.10 Å². The van der Waals surface area contributed by atoms with Crippen LogP contribution in [0.5, 0.6) is 0 Å². The highest BCUT2D eigenvalue weighted by Crippen LogP contribution is 2.25. The highest BCUT2D eigenvalue weighted by molar-refractivity contribution is 6.06. The number of para-hydroxylation sites is 1. The van der Waals surface area contributed by atoms with E-state index in [1.165, 1.54) is 12.1 Å². The van der Waals surface area contributed by atoms with Crippen molar-refractivity contribution in [1.82, 2.24) is 20.4 Å². The van der Waals surface area contributed by atoms with Crippen molar-refractivity contribution < 1.29 is 19.1 Å². The fraction of sp³-hybridized carbons (Fsp3) is 0.464. The Morgan fingerprint density at radius 3 is 2.50 bits per heavy atom. The minimum atomic E-state index is -0.785. The lowest BCUT2D eigenvalue weighted by molar-refractivity contribution is -0.125. The fourth-order valence-corrected chi connectivity index (χ4v) is 4.81. The van der Waals surface area contributed by atoms with Crippen molar-refractivity contribution >= 4 is 22.7 Å². The number of benzene rings is 2. The summed E-state index contributed by atoms with van der Waals surface area (Å²) in [5.41, 5.74) is 1.32. The summed E-state index contributed by atoms with van der Waals surface area (Å²) in [5, 5.41) is 21.4. The number of amides is 2. The first-order chi connectivity index (χ1) is 17.1. The quantitative estimate of drug-likeness (QED) is 0.462. The second-order valence-electron chi connectivity index (χ2n) is 10.8. The van der Waals surface area contributed by atoms with Crippen LogP contribution < -0.4 is 10.6 Å². The molecule has 0 bridgehead atoms. The van der Waals surface area contributed by atoms with Gasteiger partial charge in [0.2, 0.25) is 5.91 Å². The van der Waals surface area contributed by atoms with E-state index in [4.69, 9.17) is 0 Å². The molecule has 0 radical (unpaired) electrons. The monoisotopic (exact) mass is 494 g/mol. The number of rotatable bonds is 7. The van der Waals surface area contributed by atoms with Crippen LogP contribution in [0.25, 0.3) is 10.9 Å². The summed E-state index contributed by atoms with van der Waals surface area (Å²) < 4.78 is 15.0. The highest BCUT2D eigenvalue weighted by Gasteiger charge is 2.35. The van der Waals surface area contributed by atoms with Crippen LogP contribution in [0, 0.1) is 17.2 Å². The molecule has 1 heterocycles. The second kappa shape index (κ2) is 10.8. The van der Waals surface area contributed by atoms with E-state index in [1.807, 2.05) is 45.0 Å². The predicted octanol–water partition coefficient (Wildman–Crippen LogP) is 4.04. The molecular weight excluding hydrogens is 459 g/mol. The number of aromatic nitrogens is 2. The Morgan fingerprint density at radius 2 is 1.81 bits per heavy atom. The number of aliphatic hydroxyl groups is 1. The molecule has 0 spiro atoms. The number of nitrogens with zero attached hydrogens (tertiary/aromatic N) is 2. The maximum absolute atomic E-state index is 13.4.